The second kappa shape index (κ2) is 7.59. The van der Waals surface area contributed by atoms with Crippen molar-refractivity contribution in [1.29, 1.82) is 0 Å². The Balaban J connectivity index is 2.13. The fraction of sp³-hybridized carbons (Fsp3) is 0.375. The van der Waals surface area contributed by atoms with Gasteiger partial charge < -0.3 is 15.2 Å². The molecule has 112 valence electrons. The quantitative estimate of drug-likeness (QED) is 0.846. The van der Waals surface area contributed by atoms with E-state index in [0.717, 1.165) is 29.9 Å². The minimum Gasteiger partial charge on any atom is -0.497 e. The Morgan fingerprint density at radius 1 is 1.24 bits per heavy atom. The van der Waals surface area contributed by atoms with Crippen molar-refractivity contribution in [3.05, 3.63) is 48.0 Å². The summed E-state index contributed by atoms with van der Waals surface area (Å²) in [6, 6.07) is 7.63. The Hall–Kier alpha value is -2.14. The topological polar surface area (TPSA) is 70.3 Å². The lowest BCUT2D eigenvalue weighted by Gasteiger charge is -2.15. The summed E-state index contributed by atoms with van der Waals surface area (Å²) in [5.41, 5.74) is 7.09. The first-order valence-corrected chi connectivity index (χ1v) is 7.04. The molecule has 2 aromatic rings. The highest BCUT2D eigenvalue weighted by Crippen LogP contribution is 2.26. The molecule has 0 amide bonds. The van der Waals surface area contributed by atoms with E-state index in [1.54, 1.807) is 25.6 Å². The van der Waals surface area contributed by atoms with E-state index in [1.807, 2.05) is 18.2 Å². The molecule has 0 aliphatic carbocycles. The van der Waals surface area contributed by atoms with Crippen LogP contribution < -0.4 is 15.2 Å². The molecule has 0 bridgehead atoms. The second-order valence-electron chi connectivity index (χ2n) is 4.80. The van der Waals surface area contributed by atoms with Gasteiger partial charge >= 0.3 is 0 Å². The molecule has 1 unspecified atom stereocenters. The molecule has 2 N–H and O–H groups in total. The van der Waals surface area contributed by atoms with E-state index in [4.69, 9.17) is 15.2 Å². The number of methoxy groups -OCH3 is 1. The van der Waals surface area contributed by atoms with Gasteiger partial charge in [-0.1, -0.05) is 6.92 Å². The third-order valence-corrected chi connectivity index (χ3v) is 3.25. The smallest absolute Gasteiger partial charge is 0.166 e. The van der Waals surface area contributed by atoms with Crippen LogP contribution in [-0.2, 0) is 13.0 Å². The molecule has 1 aromatic heterocycles. The molecule has 1 aromatic carbocycles. The van der Waals surface area contributed by atoms with Gasteiger partial charge in [0.1, 0.15) is 18.1 Å². The van der Waals surface area contributed by atoms with Crippen LogP contribution in [0.5, 0.6) is 11.5 Å². The lowest BCUT2D eigenvalue weighted by molar-refractivity contribution is 0.291. The SMILES string of the molecule is CCC(N)Cc1cc(OC)ccc1OCc1ncccn1. The minimum absolute atomic E-state index is 0.104. The van der Waals surface area contributed by atoms with Crippen molar-refractivity contribution in [2.24, 2.45) is 5.73 Å². The lowest BCUT2D eigenvalue weighted by atomic mass is 10.0. The Labute approximate surface area is 125 Å². The van der Waals surface area contributed by atoms with Crippen LogP contribution in [0.15, 0.2) is 36.7 Å². The molecule has 0 fully saturated rings. The fourth-order valence-electron chi connectivity index (χ4n) is 1.96. The van der Waals surface area contributed by atoms with Gasteiger partial charge in [0.25, 0.3) is 0 Å². The zero-order chi connectivity index (χ0) is 15.1. The summed E-state index contributed by atoms with van der Waals surface area (Å²) < 4.78 is 11.1. The normalized spacial score (nSPS) is 12.0. The molecule has 1 atom stereocenters. The molecule has 21 heavy (non-hydrogen) atoms. The summed E-state index contributed by atoms with van der Waals surface area (Å²) in [6.07, 6.45) is 5.07. The molecular formula is C16H21N3O2. The number of nitrogens with two attached hydrogens (primary N) is 1. The van der Waals surface area contributed by atoms with Gasteiger partial charge in [0.05, 0.1) is 7.11 Å². The molecule has 0 spiro atoms. The largest absolute Gasteiger partial charge is 0.497 e. The van der Waals surface area contributed by atoms with E-state index in [9.17, 15) is 0 Å². The number of aromatic nitrogens is 2. The van der Waals surface area contributed by atoms with Crippen molar-refractivity contribution >= 4 is 0 Å². The molecule has 0 aliphatic rings. The van der Waals surface area contributed by atoms with Gasteiger partial charge in [-0.25, -0.2) is 9.97 Å². The summed E-state index contributed by atoms with van der Waals surface area (Å²) in [4.78, 5) is 8.30. The number of hydrogen-bond donors (Lipinski definition) is 1. The van der Waals surface area contributed by atoms with Crippen LogP contribution >= 0.6 is 0 Å². The lowest BCUT2D eigenvalue weighted by Crippen LogP contribution is -2.21. The van der Waals surface area contributed by atoms with E-state index < -0.39 is 0 Å². The standard InChI is InChI=1S/C16H21N3O2/c1-3-13(17)9-12-10-14(20-2)5-6-15(12)21-11-16-18-7-4-8-19-16/h4-8,10,13H,3,9,11,17H2,1-2H3. The zero-order valence-corrected chi connectivity index (χ0v) is 12.5. The van der Waals surface area contributed by atoms with Crippen molar-refractivity contribution in [3.63, 3.8) is 0 Å². The van der Waals surface area contributed by atoms with E-state index in [0.29, 0.717) is 12.4 Å². The summed E-state index contributed by atoms with van der Waals surface area (Å²) in [5, 5.41) is 0. The van der Waals surface area contributed by atoms with Crippen LogP contribution in [0.3, 0.4) is 0 Å². The molecule has 0 saturated carbocycles. The number of benzene rings is 1. The third kappa shape index (κ3) is 4.43. The number of nitrogens with zero attached hydrogens (tertiary/aromatic N) is 2. The molecule has 2 rings (SSSR count). The average Bonchev–Trinajstić information content (AvgIpc) is 2.54. The van der Waals surface area contributed by atoms with Gasteiger partial charge in [0.15, 0.2) is 5.82 Å². The van der Waals surface area contributed by atoms with Gasteiger partial charge in [-0.05, 0) is 42.7 Å². The highest BCUT2D eigenvalue weighted by atomic mass is 16.5. The van der Waals surface area contributed by atoms with E-state index in [2.05, 4.69) is 16.9 Å². The first-order valence-electron chi connectivity index (χ1n) is 7.04. The van der Waals surface area contributed by atoms with E-state index in [-0.39, 0.29) is 6.04 Å². The number of hydrogen-bond acceptors (Lipinski definition) is 5. The van der Waals surface area contributed by atoms with Crippen LogP contribution in [0, 0.1) is 0 Å². The Morgan fingerprint density at radius 3 is 2.67 bits per heavy atom. The fourth-order valence-corrected chi connectivity index (χ4v) is 1.96. The Morgan fingerprint density at radius 2 is 2.00 bits per heavy atom. The summed E-state index contributed by atoms with van der Waals surface area (Å²) in [5.74, 6) is 2.25. The minimum atomic E-state index is 0.104. The molecule has 0 radical (unpaired) electrons. The van der Waals surface area contributed by atoms with Gasteiger partial charge in [0, 0.05) is 18.4 Å². The number of ether oxygens (including phenoxy) is 2. The van der Waals surface area contributed by atoms with Crippen molar-refractivity contribution in [1.82, 2.24) is 9.97 Å². The molecule has 0 saturated heterocycles. The number of rotatable bonds is 7. The maximum absolute atomic E-state index is 6.05. The molecule has 1 heterocycles. The van der Waals surface area contributed by atoms with Crippen molar-refractivity contribution in [3.8, 4) is 11.5 Å². The Bertz CT molecular complexity index is 561. The highest BCUT2D eigenvalue weighted by molar-refractivity contribution is 5.40. The van der Waals surface area contributed by atoms with Gasteiger partial charge in [-0.3, -0.25) is 0 Å². The first kappa shape index (κ1) is 15.3. The molecular weight excluding hydrogens is 266 g/mol. The summed E-state index contributed by atoms with van der Waals surface area (Å²) in [6.45, 7) is 2.41. The average molecular weight is 287 g/mol. The van der Waals surface area contributed by atoms with Gasteiger partial charge in [-0.2, -0.15) is 0 Å². The van der Waals surface area contributed by atoms with E-state index in [1.165, 1.54) is 0 Å². The van der Waals surface area contributed by atoms with Crippen LogP contribution in [0.25, 0.3) is 0 Å². The van der Waals surface area contributed by atoms with Crippen molar-refractivity contribution in [2.45, 2.75) is 32.4 Å². The third-order valence-electron chi connectivity index (χ3n) is 3.25. The van der Waals surface area contributed by atoms with Crippen LogP contribution in [0.4, 0.5) is 0 Å². The second-order valence-corrected chi connectivity index (χ2v) is 4.80. The van der Waals surface area contributed by atoms with Crippen molar-refractivity contribution < 1.29 is 9.47 Å². The highest BCUT2D eigenvalue weighted by Gasteiger charge is 2.10. The first-order chi connectivity index (χ1) is 10.2. The molecule has 0 aliphatic heterocycles. The maximum Gasteiger partial charge on any atom is 0.166 e. The monoisotopic (exact) mass is 287 g/mol. The zero-order valence-electron chi connectivity index (χ0n) is 12.5. The van der Waals surface area contributed by atoms with Crippen LogP contribution in [0.2, 0.25) is 0 Å². The Kier molecular flexibility index (Phi) is 5.51. The maximum atomic E-state index is 6.05. The predicted molar refractivity (Wildman–Crippen MR) is 81.3 cm³/mol. The summed E-state index contributed by atoms with van der Waals surface area (Å²) in [7, 11) is 1.65. The van der Waals surface area contributed by atoms with Gasteiger partial charge in [-0.15, -0.1) is 0 Å². The predicted octanol–water partition coefficient (Wildman–Crippen LogP) is 2.34. The van der Waals surface area contributed by atoms with Crippen LogP contribution in [0.1, 0.15) is 24.7 Å². The molecule has 5 heteroatoms. The van der Waals surface area contributed by atoms with Gasteiger partial charge in [0.2, 0.25) is 0 Å². The summed E-state index contributed by atoms with van der Waals surface area (Å²) >= 11 is 0. The van der Waals surface area contributed by atoms with E-state index >= 15 is 0 Å². The van der Waals surface area contributed by atoms with Crippen LogP contribution in [-0.4, -0.2) is 23.1 Å². The van der Waals surface area contributed by atoms with Crippen molar-refractivity contribution in [2.75, 3.05) is 7.11 Å². The molecule has 5 nitrogen and oxygen atoms in total.